The summed E-state index contributed by atoms with van der Waals surface area (Å²) in [6.07, 6.45) is 2.65. The number of fused-ring (bicyclic) bond motifs is 1. The van der Waals surface area contributed by atoms with Gasteiger partial charge >= 0.3 is 0 Å². The minimum absolute atomic E-state index is 0.168. The largest absolute Gasteiger partial charge is 0.322 e. The number of hydrogen-bond acceptors (Lipinski definition) is 3. The van der Waals surface area contributed by atoms with Crippen molar-refractivity contribution in [3.63, 3.8) is 0 Å². The number of nitrogens with zero attached hydrogens (tertiary/aromatic N) is 1. The van der Waals surface area contributed by atoms with E-state index in [1.54, 1.807) is 24.3 Å². The first kappa shape index (κ1) is 18.7. The first-order valence-corrected chi connectivity index (χ1v) is 10.2. The van der Waals surface area contributed by atoms with E-state index in [4.69, 9.17) is 0 Å². The topological polar surface area (TPSA) is 66.5 Å². The van der Waals surface area contributed by atoms with Crippen LogP contribution in [-0.4, -0.2) is 27.1 Å². The van der Waals surface area contributed by atoms with Crippen LogP contribution in [0.3, 0.4) is 0 Å². The van der Waals surface area contributed by atoms with Gasteiger partial charge in [-0.15, -0.1) is 6.58 Å². The van der Waals surface area contributed by atoms with Gasteiger partial charge in [0.15, 0.2) is 0 Å². The molecule has 0 aliphatic rings. The molecule has 0 atom stereocenters. The molecule has 0 aliphatic carbocycles. The van der Waals surface area contributed by atoms with Crippen molar-refractivity contribution in [1.29, 1.82) is 0 Å². The molecule has 3 aromatic carbocycles. The highest BCUT2D eigenvalue weighted by Gasteiger charge is 2.16. The molecule has 0 aliphatic heterocycles. The zero-order valence-corrected chi connectivity index (χ0v) is 15.7. The summed E-state index contributed by atoms with van der Waals surface area (Å²) in [5.41, 5.74) is 1.63. The van der Waals surface area contributed by atoms with Gasteiger partial charge < -0.3 is 5.32 Å². The van der Waals surface area contributed by atoms with E-state index in [9.17, 15) is 13.2 Å². The average molecular weight is 380 g/mol. The van der Waals surface area contributed by atoms with Crippen molar-refractivity contribution in [2.24, 2.45) is 0 Å². The SMILES string of the molecule is C=CCN(c1ccc(C(=O)Nc2ccc3ccccc3c2)cc1)S(C)(=O)=O. The third kappa shape index (κ3) is 4.35. The van der Waals surface area contributed by atoms with Crippen molar-refractivity contribution in [3.8, 4) is 0 Å². The number of carbonyl (C=O) groups excluding carboxylic acids is 1. The Bertz CT molecular complexity index is 1090. The van der Waals surface area contributed by atoms with Crippen LogP contribution in [0, 0.1) is 0 Å². The quantitative estimate of drug-likeness (QED) is 0.656. The van der Waals surface area contributed by atoms with Gasteiger partial charge in [-0.25, -0.2) is 8.42 Å². The minimum Gasteiger partial charge on any atom is -0.322 e. The summed E-state index contributed by atoms with van der Waals surface area (Å²) in [7, 11) is -3.42. The summed E-state index contributed by atoms with van der Waals surface area (Å²) < 4.78 is 25.0. The second-order valence-electron chi connectivity index (χ2n) is 6.15. The molecule has 0 saturated carbocycles. The first-order chi connectivity index (χ1) is 12.9. The average Bonchev–Trinajstić information content (AvgIpc) is 2.65. The van der Waals surface area contributed by atoms with Crippen LogP contribution >= 0.6 is 0 Å². The number of benzene rings is 3. The van der Waals surface area contributed by atoms with E-state index in [-0.39, 0.29) is 12.5 Å². The Labute approximate surface area is 159 Å². The lowest BCUT2D eigenvalue weighted by atomic mass is 10.1. The van der Waals surface area contributed by atoms with Crippen molar-refractivity contribution in [3.05, 3.63) is 84.9 Å². The number of rotatable bonds is 6. The fourth-order valence-corrected chi connectivity index (χ4v) is 3.68. The predicted molar refractivity (Wildman–Crippen MR) is 111 cm³/mol. The van der Waals surface area contributed by atoms with Gasteiger partial charge in [-0.05, 0) is 47.2 Å². The summed E-state index contributed by atoms with van der Waals surface area (Å²) in [6, 6.07) is 20.1. The molecule has 0 unspecified atom stereocenters. The van der Waals surface area contributed by atoms with Crippen molar-refractivity contribution in [2.45, 2.75) is 0 Å². The summed E-state index contributed by atoms with van der Waals surface area (Å²) in [5, 5.41) is 5.01. The maximum Gasteiger partial charge on any atom is 0.255 e. The van der Waals surface area contributed by atoms with E-state index < -0.39 is 10.0 Å². The lowest BCUT2D eigenvalue weighted by Crippen LogP contribution is -2.29. The molecule has 0 aromatic heterocycles. The van der Waals surface area contributed by atoms with Crippen LogP contribution in [0.1, 0.15) is 10.4 Å². The van der Waals surface area contributed by atoms with Crippen molar-refractivity contribution >= 4 is 38.1 Å². The second kappa shape index (κ2) is 7.63. The normalized spacial score (nSPS) is 11.1. The number of anilines is 2. The van der Waals surface area contributed by atoms with E-state index in [0.29, 0.717) is 16.9 Å². The fraction of sp³-hybridized carbons (Fsp3) is 0.0952. The number of nitrogens with one attached hydrogen (secondary N) is 1. The van der Waals surface area contributed by atoms with Crippen LogP contribution in [0.5, 0.6) is 0 Å². The van der Waals surface area contributed by atoms with Gasteiger partial charge in [0, 0.05) is 11.3 Å². The molecular formula is C21H20N2O3S. The van der Waals surface area contributed by atoms with Gasteiger partial charge in [-0.2, -0.15) is 0 Å². The van der Waals surface area contributed by atoms with Crippen LogP contribution in [0.4, 0.5) is 11.4 Å². The monoisotopic (exact) mass is 380 g/mol. The number of sulfonamides is 1. The molecule has 0 saturated heterocycles. The van der Waals surface area contributed by atoms with Crippen molar-refractivity contribution in [1.82, 2.24) is 0 Å². The predicted octanol–water partition coefficient (Wildman–Crippen LogP) is 4.04. The van der Waals surface area contributed by atoms with Crippen LogP contribution in [0.2, 0.25) is 0 Å². The molecule has 0 bridgehead atoms. The van der Waals surface area contributed by atoms with Crippen molar-refractivity contribution < 1.29 is 13.2 Å². The molecular weight excluding hydrogens is 360 g/mol. The third-order valence-corrected chi connectivity index (χ3v) is 5.28. The smallest absolute Gasteiger partial charge is 0.255 e. The Morgan fingerprint density at radius 1 is 1.04 bits per heavy atom. The molecule has 0 radical (unpaired) electrons. The van der Waals surface area contributed by atoms with Gasteiger partial charge in [0.25, 0.3) is 5.91 Å². The lowest BCUT2D eigenvalue weighted by molar-refractivity contribution is 0.102. The first-order valence-electron chi connectivity index (χ1n) is 8.37. The Morgan fingerprint density at radius 2 is 1.70 bits per heavy atom. The number of hydrogen-bond donors (Lipinski definition) is 1. The van der Waals surface area contributed by atoms with E-state index in [2.05, 4.69) is 11.9 Å². The third-order valence-electron chi connectivity index (χ3n) is 4.12. The number of amides is 1. The Balaban J connectivity index is 1.79. The number of carbonyl (C=O) groups is 1. The zero-order chi connectivity index (χ0) is 19.4. The van der Waals surface area contributed by atoms with E-state index in [1.165, 1.54) is 10.4 Å². The molecule has 0 fully saturated rings. The van der Waals surface area contributed by atoms with Crippen LogP contribution < -0.4 is 9.62 Å². The Kier molecular flexibility index (Phi) is 5.28. The molecule has 1 amide bonds. The fourth-order valence-electron chi connectivity index (χ4n) is 2.80. The Hall–Kier alpha value is -3.12. The molecule has 138 valence electrons. The van der Waals surface area contributed by atoms with Crippen LogP contribution in [0.25, 0.3) is 10.8 Å². The van der Waals surface area contributed by atoms with Gasteiger partial charge in [0.1, 0.15) is 0 Å². The Morgan fingerprint density at radius 3 is 2.33 bits per heavy atom. The molecule has 6 heteroatoms. The summed E-state index contributed by atoms with van der Waals surface area (Å²) in [6.45, 7) is 3.75. The van der Waals surface area contributed by atoms with Crippen molar-refractivity contribution in [2.75, 3.05) is 22.4 Å². The van der Waals surface area contributed by atoms with Gasteiger partial charge in [0.05, 0.1) is 18.5 Å². The van der Waals surface area contributed by atoms with Gasteiger partial charge in [0.2, 0.25) is 10.0 Å². The molecule has 5 nitrogen and oxygen atoms in total. The van der Waals surface area contributed by atoms with E-state index in [1.807, 2.05) is 42.5 Å². The molecule has 0 spiro atoms. The molecule has 27 heavy (non-hydrogen) atoms. The highest BCUT2D eigenvalue weighted by molar-refractivity contribution is 7.92. The van der Waals surface area contributed by atoms with E-state index in [0.717, 1.165) is 17.0 Å². The van der Waals surface area contributed by atoms with Crippen LogP contribution in [0.15, 0.2) is 79.4 Å². The molecule has 1 N–H and O–H groups in total. The van der Waals surface area contributed by atoms with Crippen LogP contribution in [-0.2, 0) is 10.0 Å². The van der Waals surface area contributed by atoms with Gasteiger partial charge in [-0.3, -0.25) is 9.10 Å². The summed E-state index contributed by atoms with van der Waals surface area (Å²) in [4.78, 5) is 12.5. The summed E-state index contributed by atoms with van der Waals surface area (Å²) >= 11 is 0. The maximum atomic E-state index is 12.5. The molecule has 3 aromatic rings. The highest BCUT2D eigenvalue weighted by atomic mass is 32.2. The summed E-state index contributed by atoms with van der Waals surface area (Å²) in [5.74, 6) is -0.258. The molecule has 3 rings (SSSR count). The maximum absolute atomic E-state index is 12.5. The van der Waals surface area contributed by atoms with Gasteiger partial charge in [-0.1, -0.05) is 36.4 Å². The minimum atomic E-state index is -3.42. The molecule has 0 heterocycles. The standard InChI is InChI=1S/C21H20N2O3S/c1-3-14-23(27(2,25)26)20-12-9-17(10-13-20)21(24)22-19-11-8-16-6-4-5-7-18(16)15-19/h3-13,15H,1,14H2,2H3,(H,22,24). The zero-order valence-electron chi connectivity index (χ0n) is 14.9. The highest BCUT2D eigenvalue weighted by Crippen LogP contribution is 2.21. The lowest BCUT2D eigenvalue weighted by Gasteiger charge is -2.20. The second-order valence-corrected chi connectivity index (χ2v) is 8.05. The van der Waals surface area contributed by atoms with E-state index >= 15 is 0 Å².